The highest BCUT2D eigenvalue weighted by molar-refractivity contribution is 5.79. The van der Waals surface area contributed by atoms with Crippen LogP contribution in [0.3, 0.4) is 0 Å². The van der Waals surface area contributed by atoms with Gasteiger partial charge in [0.1, 0.15) is 12.4 Å². The minimum absolute atomic E-state index is 0.189. The second kappa shape index (κ2) is 5.11. The van der Waals surface area contributed by atoms with E-state index in [-0.39, 0.29) is 6.61 Å². The lowest BCUT2D eigenvalue weighted by Gasteiger charge is -2.07. The summed E-state index contributed by atoms with van der Waals surface area (Å²) < 4.78 is 15.3. The molecule has 0 aliphatic heterocycles. The largest absolute Gasteiger partial charge is 0.483 e. The Morgan fingerprint density at radius 1 is 1.47 bits per heavy atom. The number of pyridine rings is 1. The van der Waals surface area contributed by atoms with Crippen molar-refractivity contribution in [2.75, 3.05) is 7.11 Å². The lowest BCUT2D eigenvalue weighted by molar-refractivity contribution is 0.111. The molecule has 0 aliphatic carbocycles. The molecule has 0 saturated heterocycles. The van der Waals surface area contributed by atoms with Crippen molar-refractivity contribution < 1.29 is 18.7 Å². The number of aldehydes is 1. The third kappa shape index (κ3) is 2.60. The van der Waals surface area contributed by atoms with E-state index in [1.165, 1.54) is 32.0 Å². The average Bonchev–Trinajstić information content (AvgIpc) is 2.89. The molecule has 0 saturated carbocycles. The molecule has 2 aromatic heterocycles. The second-order valence-electron chi connectivity index (χ2n) is 3.14. The number of carbonyl (C=O) groups is 1. The first kappa shape index (κ1) is 11.1. The average molecular weight is 234 g/mol. The number of nitrogens with zero attached hydrogens (tertiary/aromatic N) is 2. The molecule has 17 heavy (non-hydrogen) atoms. The van der Waals surface area contributed by atoms with Gasteiger partial charge in [0, 0.05) is 6.07 Å². The molecule has 0 radical (unpaired) electrons. The standard InChI is InChI=1S/C11H10N2O4/c1-15-11-2-8(5-14)10(4-13-11)16-6-9-3-12-7-17-9/h2-5,7H,6H2,1H3. The number of ether oxygens (including phenoxy) is 2. The van der Waals surface area contributed by atoms with Crippen molar-refractivity contribution in [1.82, 2.24) is 9.97 Å². The monoisotopic (exact) mass is 234 g/mol. The highest BCUT2D eigenvalue weighted by Crippen LogP contribution is 2.20. The van der Waals surface area contributed by atoms with Crippen LogP contribution >= 0.6 is 0 Å². The van der Waals surface area contributed by atoms with E-state index < -0.39 is 0 Å². The third-order valence-corrected chi connectivity index (χ3v) is 2.06. The lowest BCUT2D eigenvalue weighted by Crippen LogP contribution is -1.99. The molecule has 0 amide bonds. The second-order valence-corrected chi connectivity index (χ2v) is 3.14. The maximum absolute atomic E-state index is 10.9. The summed E-state index contributed by atoms with van der Waals surface area (Å²) in [5.41, 5.74) is 0.372. The fraction of sp³-hybridized carbons (Fsp3) is 0.182. The SMILES string of the molecule is COc1cc(C=O)c(OCc2cnco2)cn1. The fourth-order valence-electron chi connectivity index (χ4n) is 1.22. The minimum atomic E-state index is 0.189. The first-order valence-corrected chi connectivity index (χ1v) is 4.83. The molecule has 0 aromatic carbocycles. The van der Waals surface area contributed by atoms with E-state index in [1.807, 2.05) is 0 Å². The van der Waals surface area contributed by atoms with Gasteiger partial charge in [-0.2, -0.15) is 0 Å². The Morgan fingerprint density at radius 3 is 3.00 bits per heavy atom. The number of carbonyl (C=O) groups excluding carboxylic acids is 1. The molecule has 0 fully saturated rings. The molecule has 0 spiro atoms. The summed E-state index contributed by atoms with van der Waals surface area (Å²) >= 11 is 0. The van der Waals surface area contributed by atoms with Crippen LogP contribution in [0.25, 0.3) is 0 Å². The number of rotatable bonds is 5. The van der Waals surface area contributed by atoms with Gasteiger partial charge in [0.15, 0.2) is 18.4 Å². The lowest BCUT2D eigenvalue weighted by atomic mass is 10.2. The van der Waals surface area contributed by atoms with Gasteiger partial charge in [0.05, 0.1) is 25.1 Å². The highest BCUT2D eigenvalue weighted by Gasteiger charge is 2.07. The molecule has 2 rings (SSSR count). The van der Waals surface area contributed by atoms with E-state index in [1.54, 1.807) is 0 Å². The number of aromatic nitrogens is 2. The van der Waals surface area contributed by atoms with Crippen molar-refractivity contribution in [1.29, 1.82) is 0 Å². The van der Waals surface area contributed by atoms with Gasteiger partial charge in [-0.3, -0.25) is 4.79 Å². The van der Waals surface area contributed by atoms with Crippen LogP contribution in [0, 0.1) is 0 Å². The van der Waals surface area contributed by atoms with E-state index in [4.69, 9.17) is 13.9 Å². The molecule has 2 aromatic rings. The zero-order valence-electron chi connectivity index (χ0n) is 9.12. The van der Waals surface area contributed by atoms with E-state index in [0.29, 0.717) is 29.2 Å². The molecule has 2 heterocycles. The van der Waals surface area contributed by atoms with Crippen LogP contribution < -0.4 is 9.47 Å². The van der Waals surface area contributed by atoms with Crippen LogP contribution in [-0.4, -0.2) is 23.4 Å². The number of methoxy groups -OCH3 is 1. The van der Waals surface area contributed by atoms with Crippen LogP contribution in [0.4, 0.5) is 0 Å². The van der Waals surface area contributed by atoms with Gasteiger partial charge in [0.25, 0.3) is 0 Å². The quantitative estimate of drug-likeness (QED) is 0.729. The summed E-state index contributed by atoms with van der Waals surface area (Å²) in [7, 11) is 1.48. The minimum Gasteiger partial charge on any atom is -0.483 e. The summed E-state index contributed by atoms with van der Waals surface area (Å²) in [6, 6.07) is 1.50. The summed E-state index contributed by atoms with van der Waals surface area (Å²) in [6.45, 7) is 0.189. The number of hydrogen-bond donors (Lipinski definition) is 0. The number of oxazole rings is 1. The maximum Gasteiger partial charge on any atom is 0.213 e. The topological polar surface area (TPSA) is 74.5 Å². The Hall–Kier alpha value is -2.37. The third-order valence-electron chi connectivity index (χ3n) is 2.06. The molecular weight excluding hydrogens is 224 g/mol. The summed E-state index contributed by atoms with van der Waals surface area (Å²) in [6.07, 6.45) is 4.96. The van der Waals surface area contributed by atoms with E-state index in [9.17, 15) is 4.79 Å². The van der Waals surface area contributed by atoms with Crippen molar-refractivity contribution in [3.63, 3.8) is 0 Å². The smallest absolute Gasteiger partial charge is 0.213 e. The van der Waals surface area contributed by atoms with E-state index in [2.05, 4.69) is 9.97 Å². The fourth-order valence-corrected chi connectivity index (χ4v) is 1.22. The molecule has 88 valence electrons. The van der Waals surface area contributed by atoms with Crippen molar-refractivity contribution in [3.8, 4) is 11.6 Å². The number of hydrogen-bond acceptors (Lipinski definition) is 6. The van der Waals surface area contributed by atoms with Gasteiger partial charge >= 0.3 is 0 Å². The van der Waals surface area contributed by atoms with Crippen LogP contribution in [0.1, 0.15) is 16.1 Å². The highest BCUT2D eigenvalue weighted by atomic mass is 16.5. The Labute approximate surface area is 97.2 Å². The van der Waals surface area contributed by atoms with Gasteiger partial charge in [-0.25, -0.2) is 9.97 Å². The van der Waals surface area contributed by atoms with Gasteiger partial charge in [-0.05, 0) is 0 Å². The Morgan fingerprint density at radius 2 is 2.35 bits per heavy atom. The summed E-state index contributed by atoms with van der Waals surface area (Å²) in [5, 5.41) is 0. The first-order valence-electron chi connectivity index (χ1n) is 4.83. The van der Waals surface area contributed by atoms with Crippen LogP contribution in [0.15, 0.2) is 29.3 Å². The Balaban J connectivity index is 2.12. The van der Waals surface area contributed by atoms with Crippen molar-refractivity contribution in [3.05, 3.63) is 36.2 Å². The normalized spacial score (nSPS) is 9.94. The molecule has 6 heteroatoms. The van der Waals surface area contributed by atoms with Crippen molar-refractivity contribution >= 4 is 6.29 Å². The summed E-state index contributed by atoms with van der Waals surface area (Å²) in [4.78, 5) is 18.6. The Bertz CT molecular complexity index is 496. The molecule has 0 atom stereocenters. The van der Waals surface area contributed by atoms with Gasteiger partial charge in [0.2, 0.25) is 5.88 Å². The van der Waals surface area contributed by atoms with Crippen LogP contribution in [-0.2, 0) is 6.61 Å². The zero-order valence-corrected chi connectivity index (χ0v) is 9.12. The first-order chi connectivity index (χ1) is 8.33. The predicted molar refractivity (Wildman–Crippen MR) is 57.0 cm³/mol. The Kier molecular flexibility index (Phi) is 3.34. The van der Waals surface area contributed by atoms with Crippen LogP contribution in [0.2, 0.25) is 0 Å². The van der Waals surface area contributed by atoms with Gasteiger partial charge < -0.3 is 13.9 Å². The van der Waals surface area contributed by atoms with Crippen molar-refractivity contribution in [2.45, 2.75) is 6.61 Å². The summed E-state index contributed by atoms with van der Waals surface area (Å²) in [5.74, 6) is 1.30. The van der Waals surface area contributed by atoms with Gasteiger partial charge in [-0.1, -0.05) is 0 Å². The predicted octanol–water partition coefficient (Wildman–Crippen LogP) is 1.47. The van der Waals surface area contributed by atoms with E-state index in [0.717, 1.165) is 0 Å². The molecule has 0 N–H and O–H groups in total. The maximum atomic E-state index is 10.9. The van der Waals surface area contributed by atoms with Crippen LogP contribution in [0.5, 0.6) is 11.6 Å². The van der Waals surface area contributed by atoms with Gasteiger partial charge in [-0.15, -0.1) is 0 Å². The molecule has 0 bridgehead atoms. The van der Waals surface area contributed by atoms with E-state index >= 15 is 0 Å². The zero-order chi connectivity index (χ0) is 12.1. The van der Waals surface area contributed by atoms with Crippen molar-refractivity contribution in [2.24, 2.45) is 0 Å². The molecule has 0 unspecified atom stereocenters. The molecular formula is C11H10N2O4. The molecule has 0 aliphatic rings. The molecule has 6 nitrogen and oxygen atoms in total.